The van der Waals surface area contributed by atoms with Crippen LogP contribution in [0.3, 0.4) is 0 Å². The molecule has 3 aromatic heterocycles. The van der Waals surface area contributed by atoms with E-state index in [-0.39, 0.29) is 11.8 Å². The second kappa shape index (κ2) is 21.1. The highest BCUT2D eigenvalue weighted by Gasteiger charge is 2.22. The third kappa shape index (κ3) is 10.8. The minimum absolute atomic E-state index is 0.209. The van der Waals surface area contributed by atoms with Gasteiger partial charge in [-0.1, -0.05) is 98.5 Å². The molecule has 68 heavy (non-hydrogen) atoms. The van der Waals surface area contributed by atoms with Crippen LogP contribution in [-0.4, -0.2) is 44.8 Å². The predicted molar refractivity (Wildman–Crippen MR) is 286 cm³/mol. The van der Waals surface area contributed by atoms with Crippen LogP contribution in [0.4, 0.5) is 17.1 Å². The molecule has 0 N–H and O–H groups in total. The third-order valence-electron chi connectivity index (χ3n) is 11.7. The zero-order chi connectivity index (χ0) is 46.1. The van der Waals surface area contributed by atoms with Crippen LogP contribution in [0.1, 0.15) is 70.2 Å². The highest BCUT2D eigenvalue weighted by molar-refractivity contribution is 7.20. The van der Waals surface area contributed by atoms with Crippen molar-refractivity contribution in [2.24, 2.45) is 0 Å². The summed E-state index contributed by atoms with van der Waals surface area (Å²) in [7, 11) is 0. The number of ether oxygens (including phenoxy) is 1. The van der Waals surface area contributed by atoms with Gasteiger partial charge >= 0.3 is 0 Å². The van der Waals surface area contributed by atoms with Crippen LogP contribution in [0.15, 0.2) is 152 Å². The zero-order valence-corrected chi connectivity index (χ0v) is 39.7. The quantitative estimate of drug-likeness (QED) is 0.0589. The van der Waals surface area contributed by atoms with E-state index in [1.165, 1.54) is 26.5 Å². The number of amides is 2. The van der Waals surface area contributed by atoms with Gasteiger partial charge in [0.2, 0.25) is 0 Å². The van der Waals surface area contributed by atoms with E-state index in [0.717, 1.165) is 114 Å². The largest absolute Gasteiger partial charge is 0.493 e. The van der Waals surface area contributed by atoms with E-state index in [1.54, 1.807) is 34.0 Å². The highest BCUT2D eigenvalue weighted by atomic mass is 32.1. The molecule has 336 valence electrons. The lowest BCUT2D eigenvalue weighted by Gasteiger charge is -2.26. The molecule has 0 fully saturated rings. The Morgan fingerprint density at radius 3 is 1.41 bits per heavy atom. The van der Waals surface area contributed by atoms with Gasteiger partial charge in [0.15, 0.2) is 0 Å². The molecule has 0 unspecified atom stereocenters. The smallest absolute Gasteiger partial charge is 0.253 e. The zero-order valence-electron chi connectivity index (χ0n) is 37.2. The average molecular weight is 946 g/mol. The molecular weight excluding hydrogens is 899 g/mol. The number of para-hydroxylation sites is 3. The number of benzene rings is 6. The second-order valence-electron chi connectivity index (χ2n) is 16.4. The Kier molecular flexibility index (Phi) is 13.8. The fourth-order valence-corrected chi connectivity index (χ4v) is 10.7. The van der Waals surface area contributed by atoms with Crippen molar-refractivity contribution in [3.05, 3.63) is 183 Å². The first-order valence-corrected chi connectivity index (χ1v) is 25.4. The maximum atomic E-state index is 11.9. The Balaban J connectivity index is 0.901. The SMILES string of the molecule is O=C1C=CC(=O)N1CCCCCCCCOc1cc(N(c2ccc(C=Cc3nc4ccccc4s3)cc2)c2ccc(C=Cc3nc4ccccc4s3)cc2)ccc1C=Cc1nc2ccccc2s1. The maximum absolute atomic E-state index is 11.9. The molecule has 0 bridgehead atoms. The molecule has 0 atom stereocenters. The van der Waals surface area contributed by atoms with Crippen LogP contribution in [-0.2, 0) is 9.59 Å². The number of hydrogen-bond donors (Lipinski definition) is 0. The van der Waals surface area contributed by atoms with Crippen molar-refractivity contribution in [1.29, 1.82) is 0 Å². The first-order valence-electron chi connectivity index (χ1n) is 22.9. The van der Waals surface area contributed by atoms with Gasteiger partial charge < -0.3 is 9.64 Å². The molecule has 6 aromatic carbocycles. The summed E-state index contributed by atoms with van der Waals surface area (Å²) in [6.07, 6.45) is 21.1. The van der Waals surface area contributed by atoms with Crippen molar-refractivity contribution in [3.8, 4) is 5.75 Å². The molecule has 1 aliphatic heterocycles. The predicted octanol–water partition coefficient (Wildman–Crippen LogP) is 15.1. The summed E-state index contributed by atoms with van der Waals surface area (Å²) in [6, 6.07) is 48.4. The van der Waals surface area contributed by atoms with Crippen molar-refractivity contribution >= 4 is 130 Å². The Hall–Kier alpha value is -7.31. The van der Waals surface area contributed by atoms with Crippen molar-refractivity contribution in [2.45, 2.75) is 38.5 Å². The molecule has 0 spiro atoms. The molecule has 2 amide bonds. The number of imide groups is 1. The minimum atomic E-state index is -0.209. The Bertz CT molecular complexity index is 3100. The lowest BCUT2D eigenvalue weighted by Crippen LogP contribution is -2.30. The molecule has 10 rings (SSSR count). The lowest BCUT2D eigenvalue weighted by atomic mass is 10.1. The molecule has 0 saturated carbocycles. The van der Waals surface area contributed by atoms with Crippen LogP contribution in [0.2, 0.25) is 0 Å². The summed E-state index contributed by atoms with van der Waals surface area (Å²) >= 11 is 5.05. The topological polar surface area (TPSA) is 88.5 Å². The van der Waals surface area contributed by atoms with Gasteiger partial charge in [-0.05, 0) is 121 Å². The summed E-state index contributed by atoms with van der Waals surface area (Å²) in [6.45, 7) is 1.05. The van der Waals surface area contributed by atoms with E-state index in [9.17, 15) is 9.59 Å². The number of unbranched alkanes of at least 4 members (excludes halogenated alkanes) is 5. The van der Waals surface area contributed by atoms with Crippen molar-refractivity contribution in [3.63, 3.8) is 0 Å². The first kappa shape index (κ1) is 44.5. The van der Waals surface area contributed by atoms with Crippen LogP contribution < -0.4 is 9.64 Å². The number of thiazole rings is 3. The molecule has 1 aliphatic rings. The van der Waals surface area contributed by atoms with Gasteiger partial charge in [-0.25, -0.2) is 15.0 Å². The third-order valence-corrected chi connectivity index (χ3v) is 14.7. The number of fused-ring (bicyclic) bond motifs is 3. The van der Waals surface area contributed by atoms with E-state index >= 15 is 0 Å². The van der Waals surface area contributed by atoms with Crippen molar-refractivity contribution in [2.75, 3.05) is 18.1 Å². The van der Waals surface area contributed by atoms with E-state index < -0.39 is 0 Å². The van der Waals surface area contributed by atoms with Gasteiger partial charge in [-0.15, -0.1) is 34.0 Å². The fourth-order valence-electron chi connectivity index (χ4n) is 8.13. The fraction of sp³-hybridized carbons (Fsp3) is 0.140. The normalized spacial score (nSPS) is 13.0. The Morgan fingerprint density at radius 1 is 0.471 bits per heavy atom. The number of carbonyl (C=O) groups excluding carboxylic acids is 2. The second-order valence-corrected chi connectivity index (χ2v) is 19.6. The number of anilines is 3. The summed E-state index contributed by atoms with van der Waals surface area (Å²) in [5.41, 5.74) is 9.15. The van der Waals surface area contributed by atoms with Gasteiger partial charge in [0.05, 0.1) is 37.3 Å². The van der Waals surface area contributed by atoms with Crippen molar-refractivity contribution < 1.29 is 14.3 Å². The van der Waals surface area contributed by atoms with Crippen LogP contribution in [0.5, 0.6) is 5.75 Å². The van der Waals surface area contributed by atoms with Crippen LogP contribution in [0.25, 0.3) is 67.1 Å². The van der Waals surface area contributed by atoms with E-state index in [1.807, 2.05) is 42.5 Å². The Morgan fingerprint density at radius 2 is 0.912 bits per heavy atom. The van der Waals surface area contributed by atoms with Gasteiger partial charge in [0.25, 0.3) is 11.8 Å². The molecule has 0 radical (unpaired) electrons. The monoisotopic (exact) mass is 945 g/mol. The van der Waals surface area contributed by atoms with Gasteiger partial charge in [0.1, 0.15) is 20.8 Å². The molecule has 0 aliphatic carbocycles. The minimum Gasteiger partial charge on any atom is -0.493 e. The van der Waals surface area contributed by atoms with Crippen molar-refractivity contribution in [1.82, 2.24) is 19.9 Å². The first-order chi connectivity index (χ1) is 33.5. The van der Waals surface area contributed by atoms with E-state index in [0.29, 0.717) is 13.2 Å². The highest BCUT2D eigenvalue weighted by Crippen LogP contribution is 2.39. The van der Waals surface area contributed by atoms with Gasteiger partial charge in [-0.3, -0.25) is 14.5 Å². The van der Waals surface area contributed by atoms with Crippen LogP contribution in [0, 0.1) is 0 Å². The molecule has 8 nitrogen and oxygen atoms in total. The van der Waals surface area contributed by atoms with Gasteiger partial charge in [0, 0.05) is 47.4 Å². The molecule has 11 heteroatoms. The number of hydrogen-bond acceptors (Lipinski definition) is 10. The molecular formula is C57H47N5O3S3. The maximum Gasteiger partial charge on any atom is 0.253 e. The number of carbonyl (C=O) groups is 2. The average Bonchev–Trinajstić information content (AvgIpc) is 4.17. The molecule has 4 heterocycles. The van der Waals surface area contributed by atoms with E-state index in [4.69, 9.17) is 19.7 Å². The summed E-state index contributed by atoms with van der Waals surface area (Å²) in [5, 5.41) is 2.89. The molecule has 0 saturated heterocycles. The lowest BCUT2D eigenvalue weighted by molar-refractivity contribution is -0.136. The number of aromatic nitrogens is 3. The summed E-state index contributed by atoms with van der Waals surface area (Å²) in [4.78, 5) is 41.8. The number of rotatable bonds is 19. The standard InChI is InChI=1S/C57H47N5O3S3/c63-56-35-36-57(64)61(56)37-11-3-1-2-4-12-38-65-49-39-45(31-25-42(49)26-34-55-60-48-15-7-10-18-52(48)68-55)62(43-27-19-40(20-28-43)23-32-53-58-46-13-5-8-16-50(46)66-53)44-29-21-41(22-30-44)24-33-54-59-47-14-6-9-17-51(47)67-54/h5-10,13-36,39H,1-4,11-12,37-38H2. The summed E-state index contributed by atoms with van der Waals surface area (Å²) < 4.78 is 10.2. The Labute approximate surface area is 407 Å². The summed E-state index contributed by atoms with van der Waals surface area (Å²) in [5.74, 6) is 0.377. The molecule has 9 aromatic rings. The van der Waals surface area contributed by atoms with E-state index in [2.05, 4.69) is 138 Å². The van der Waals surface area contributed by atoms with Gasteiger partial charge in [-0.2, -0.15) is 0 Å². The van der Waals surface area contributed by atoms with Crippen LogP contribution >= 0.6 is 34.0 Å². The number of nitrogens with zero attached hydrogens (tertiary/aromatic N) is 5.